The molecule has 1 aliphatic rings. The van der Waals surface area contributed by atoms with E-state index in [1.807, 2.05) is 23.6 Å². The van der Waals surface area contributed by atoms with E-state index in [1.54, 1.807) is 34.9 Å². The van der Waals surface area contributed by atoms with Crippen LogP contribution in [0.15, 0.2) is 55.4 Å². The summed E-state index contributed by atoms with van der Waals surface area (Å²) in [4.78, 5) is 31.3. The molecule has 5 aromatic heterocycles. The zero-order chi connectivity index (χ0) is 29.0. The molecule has 6 aromatic rings. The van der Waals surface area contributed by atoms with E-state index < -0.39 is 11.7 Å². The van der Waals surface area contributed by atoms with Gasteiger partial charge in [-0.05, 0) is 24.6 Å². The number of pyridine rings is 1. The molecule has 1 fully saturated rings. The van der Waals surface area contributed by atoms with Gasteiger partial charge in [0, 0.05) is 51.3 Å². The van der Waals surface area contributed by atoms with Crippen LogP contribution < -0.4 is 10.6 Å². The molecule has 12 nitrogen and oxygen atoms in total. The van der Waals surface area contributed by atoms with Gasteiger partial charge in [-0.1, -0.05) is 6.07 Å². The average molecular weight is 569 g/mol. The maximum atomic E-state index is 15.5. The molecule has 7 rings (SSSR count). The Morgan fingerprint density at radius 1 is 1.14 bits per heavy atom. The van der Waals surface area contributed by atoms with Gasteiger partial charge in [0.1, 0.15) is 29.1 Å². The molecule has 42 heavy (non-hydrogen) atoms. The lowest BCUT2D eigenvalue weighted by Crippen LogP contribution is -2.35. The van der Waals surface area contributed by atoms with Crippen molar-refractivity contribution in [2.24, 2.45) is 7.05 Å². The number of rotatable bonds is 6. The predicted octanol–water partition coefficient (Wildman–Crippen LogP) is 2.97. The number of carbonyl (C=O) groups is 1. The number of nitrogens with two attached hydrogens (primary N) is 1. The van der Waals surface area contributed by atoms with Gasteiger partial charge in [0.25, 0.3) is 5.91 Å². The maximum Gasteiger partial charge on any atom is 0.261 e. The second-order valence-electron chi connectivity index (χ2n) is 10.6. The number of fused-ring (bicyclic) bond motifs is 4. The van der Waals surface area contributed by atoms with Crippen molar-refractivity contribution in [3.8, 4) is 0 Å². The number of anilines is 2. The average Bonchev–Trinajstić information content (AvgIpc) is 3.70. The van der Waals surface area contributed by atoms with E-state index in [2.05, 4.69) is 32.2 Å². The topological polar surface area (TPSA) is 124 Å². The fourth-order valence-electron chi connectivity index (χ4n) is 5.52. The summed E-state index contributed by atoms with van der Waals surface area (Å²) in [6.07, 6.45) is 8.84. The number of morpholine rings is 1. The third kappa shape index (κ3) is 4.62. The number of aryl methyl sites for hydroxylation is 2. The Morgan fingerprint density at radius 3 is 2.76 bits per heavy atom. The fourth-order valence-corrected chi connectivity index (χ4v) is 5.52. The van der Waals surface area contributed by atoms with Crippen molar-refractivity contribution >= 4 is 39.6 Å². The van der Waals surface area contributed by atoms with Crippen LogP contribution in [0, 0.1) is 12.7 Å². The maximum absolute atomic E-state index is 15.5. The Balaban J connectivity index is 1.24. The van der Waals surface area contributed by atoms with Gasteiger partial charge in [0.05, 0.1) is 59.6 Å². The largest absolute Gasteiger partial charge is 0.382 e. The number of imidazole rings is 2. The van der Waals surface area contributed by atoms with Gasteiger partial charge in [-0.3, -0.25) is 23.7 Å². The van der Waals surface area contributed by atoms with Crippen molar-refractivity contribution in [3.63, 3.8) is 0 Å². The van der Waals surface area contributed by atoms with Crippen LogP contribution in [0.1, 0.15) is 27.3 Å². The highest BCUT2D eigenvalue weighted by Crippen LogP contribution is 2.27. The number of nitrogens with zero attached hydrogens (tertiary/aromatic N) is 9. The van der Waals surface area contributed by atoms with Crippen molar-refractivity contribution in [2.45, 2.75) is 20.0 Å². The Labute approximate surface area is 239 Å². The molecule has 0 atom stereocenters. The number of hydrogen-bond acceptors (Lipinski definition) is 8. The summed E-state index contributed by atoms with van der Waals surface area (Å²) in [7, 11) is 1.76. The molecule has 0 radical (unpaired) electrons. The Morgan fingerprint density at radius 2 is 1.98 bits per heavy atom. The molecule has 0 unspecified atom stereocenters. The van der Waals surface area contributed by atoms with Crippen molar-refractivity contribution in [2.75, 3.05) is 36.9 Å². The summed E-state index contributed by atoms with van der Waals surface area (Å²) in [5.74, 6) is -0.991. The normalized spacial score (nSPS) is 14.4. The zero-order valence-corrected chi connectivity index (χ0v) is 23.2. The molecule has 0 spiro atoms. The molecule has 214 valence electrons. The Hall–Kier alpha value is -4.88. The number of nitrogen functional groups attached to an aromatic ring is 1. The van der Waals surface area contributed by atoms with Gasteiger partial charge in [-0.25, -0.2) is 19.3 Å². The second-order valence-corrected chi connectivity index (χ2v) is 10.6. The van der Waals surface area contributed by atoms with Crippen LogP contribution in [-0.4, -0.2) is 70.6 Å². The summed E-state index contributed by atoms with van der Waals surface area (Å²) in [6, 6.07) is 6.76. The first-order valence-electron chi connectivity index (χ1n) is 13.6. The van der Waals surface area contributed by atoms with E-state index in [-0.39, 0.29) is 17.9 Å². The summed E-state index contributed by atoms with van der Waals surface area (Å²) in [5.41, 5.74) is 11.3. The molecule has 13 heteroatoms. The fraction of sp³-hybridized carbons (Fsp3) is 0.276. The van der Waals surface area contributed by atoms with Gasteiger partial charge >= 0.3 is 0 Å². The van der Waals surface area contributed by atoms with Gasteiger partial charge in [-0.15, -0.1) is 0 Å². The lowest BCUT2D eigenvalue weighted by Gasteiger charge is -2.26. The number of carbonyl (C=O) groups excluding carboxylic acids is 1. The van der Waals surface area contributed by atoms with Gasteiger partial charge in [0.2, 0.25) is 0 Å². The molecule has 6 heterocycles. The van der Waals surface area contributed by atoms with Crippen LogP contribution in [-0.2, 0) is 24.9 Å². The number of halogens is 1. The number of hydrogen-bond donors (Lipinski definition) is 1. The van der Waals surface area contributed by atoms with Gasteiger partial charge in [-0.2, -0.15) is 5.10 Å². The van der Waals surface area contributed by atoms with Crippen LogP contribution in [0.2, 0.25) is 0 Å². The van der Waals surface area contributed by atoms with Crippen molar-refractivity contribution in [1.82, 2.24) is 38.4 Å². The highest BCUT2D eigenvalue weighted by atomic mass is 19.1. The van der Waals surface area contributed by atoms with E-state index in [0.29, 0.717) is 33.6 Å². The summed E-state index contributed by atoms with van der Waals surface area (Å²) in [5, 5.41) is 4.24. The highest BCUT2D eigenvalue weighted by molar-refractivity contribution is 6.08. The third-order valence-corrected chi connectivity index (χ3v) is 7.63. The van der Waals surface area contributed by atoms with E-state index >= 15 is 4.39 Å². The summed E-state index contributed by atoms with van der Waals surface area (Å²) >= 11 is 0. The van der Waals surface area contributed by atoms with Crippen molar-refractivity contribution in [1.29, 1.82) is 0 Å². The van der Waals surface area contributed by atoms with E-state index in [0.717, 1.165) is 44.1 Å². The Bertz CT molecular complexity index is 1970. The third-order valence-electron chi connectivity index (χ3n) is 7.63. The minimum Gasteiger partial charge on any atom is -0.382 e. The quantitative estimate of drug-likeness (QED) is 0.325. The SMILES string of the molecule is Cc1ncn2c1c(N)nc1cc(F)c(C(=O)N(Cc3cn4cc(CN5CCOCC5)ccc4n3)c3cnn(C)c3)cc12. The smallest absolute Gasteiger partial charge is 0.261 e. The zero-order valence-electron chi connectivity index (χ0n) is 23.2. The number of benzene rings is 1. The highest BCUT2D eigenvalue weighted by Gasteiger charge is 2.25. The molecule has 1 aliphatic heterocycles. The minimum absolute atomic E-state index is 0.109. The van der Waals surface area contributed by atoms with E-state index in [4.69, 9.17) is 15.5 Å². The number of amides is 1. The van der Waals surface area contributed by atoms with Crippen molar-refractivity contribution in [3.05, 3.63) is 83.7 Å². The van der Waals surface area contributed by atoms with Crippen LogP contribution >= 0.6 is 0 Å². The van der Waals surface area contributed by atoms with Crippen LogP contribution in [0.5, 0.6) is 0 Å². The monoisotopic (exact) mass is 568 g/mol. The standard InChI is InChI=1S/C29H29FN10O2/c1-18-27-28(31)35-24-10-23(30)22(9-25(24)40(27)17-32-18)29(41)39(21-11-33-36(2)16-21)15-20-14-38-13-19(3-4-26(38)34-20)12-37-5-7-42-8-6-37/h3-4,9-11,13-14,16-17H,5-8,12,15H2,1-2H3,(H2,31,35). The Kier molecular flexibility index (Phi) is 6.32. The van der Waals surface area contributed by atoms with E-state index in [9.17, 15) is 4.79 Å². The van der Waals surface area contributed by atoms with Gasteiger partial charge in [0.15, 0.2) is 0 Å². The first-order chi connectivity index (χ1) is 20.3. The second kappa shape index (κ2) is 10.2. The van der Waals surface area contributed by atoms with Crippen LogP contribution in [0.25, 0.3) is 22.2 Å². The number of ether oxygens (including phenoxy) is 1. The molecule has 0 saturated carbocycles. The predicted molar refractivity (Wildman–Crippen MR) is 155 cm³/mol. The lowest BCUT2D eigenvalue weighted by molar-refractivity contribution is 0.0341. The molecule has 1 saturated heterocycles. The first kappa shape index (κ1) is 26.0. The molecule has 2 N–H and O–H groups in total. The molecule has 0 aliphatic carbocycles. The van der Waals surface area contributed by atoms with Crippen LogP contribution in [0.4, 0.5) is 15.9 Å². The van der Waals surface area contributed by atoms with Crippen LogP contribution in [0.3, 0.4) is 0 Å². The molecule has 1 aromatic carbocycles. The number of aromatic nitrogens is 7. The van der Waals surface area contributed by atoms with Crippen molar-refractivity contribution < 1.29 is 13.9 Å². The minimum atomic E-state index is -0.702. The summed E-state index contributed by atoms with van der Waals surface area (Å²) < 4.78 is 26.3. The van der Waals surface area contributed by atoms with E-state index in [1.165, 1.54) is 17.0 Å². The molecule has 0 bridgehead atoms. The molecule has 1 amide bonds. The lowest BCUT2D eigenvalue weighted by atomic mass is 10.1. The summed E-state index contributed by atoms with van der Waals surface area (Å²) in [6.45, 7) is 6.03. The molecular formula is C29H29FN10O2. The first-order valence-corrected chi connectivity index (χ1v) is 13.6. The van der Waals surface area contributed by atoms with Gasteiger partial charge < -0.3 is 14.9 Å². The molecular weight excluding hydrogens is 539 g/mol.